The average molecular weight is 249 g/mol. The van der Waals surface area contributed by atoms with Crippen LogP contribution in [0, 0.1) is 23.2 Å². The van der Waals surface area contributed by atoms with Gasteiger partial charge in [-0.25, -0.2) is 0 Å². The Hall–Kier alpha value is -0.370. The largest absolute Gasteiger partial charge is 0.376 e. The molecule has 4 aliphatic rings. The Balaban J connectivity index is 1.65. The molecule has 17 heavy (non-hydrogen) atoms. The van der Waals surface area contributed by atoms with Crippen LogP contribution in [0.1, 0.15) is 44.9 Å². The van der Waals surface area contributed by atoms with Crippen molar-refractivity contribution >= 4 is 17.2 Å². The van der Waals surface area contributed by atoms with Crippen molar-refractivity contribution in [2.75, 3.05) is 6.54 Å². The second-order valence-corrected chi connectivity index (χ2v) is 7.18. The van der Waals surface area contributed by atoms with E-state index >= 15 is 0 Å². The Bertz CT molecular complexity index is 299. The molecule has 0 aromatic heterocycles. The summed E-state index contributed by atoms with van der Waals surface area (Å²) in [6, 6.07) is 0. The van der Waals surface area contributed by atoms with Gasteiger partial charge in [0.1, 0.15) is 0 Å². The Kier molecular flexibility index (Phi) is 3.02. The van der Waals surface area contributed by atoms with Gasteiger partial charge in [-0.05, 0) is 61.7 Å². The van der Waals surface area contributed by atoms with Gasteiger partial charge in [-0.2, -0.15) is 0 Å². The molecule has 2 heteroatoms. The van der Waals surface area contributed by atoms with E-state index in [4.69, 9.17) is 12.2 Å². The highest BCUT2D eigenvalue weighted by Gasteiger charge is 2.50. The first-order chi connectivity index (χ1) is 8.19. The van der Waals surface area contributed by atoms with E-state index in [2.05, 4.69) is 11.9 Å². The topological polar surface area (TPSA) is 12.0 Å². The summed E-state index contributed by atoms with van der Waals surface area (Å²) in [4.78, 5) is 1.08. The van der Waals surface area contributed by atoms with Crippen LogP contribution in [0.3, 0.4) is 0 Å². The third-order valence-electron chi connectivity index (χ3n) is 5.14. The predicted octanol–water partition coefficient (Wildman–Crippen LogP) is 3.70. The molecular formula is C15H23NS. The summed E-state index contributed by atoms with van der Waals surface area (Å²) in [6.07, 6.45) is 12.0. The van der Waals surface area contributed by atoms with Crippen molar-refractivity contribution in [1.29, 1.82) is 0 Å². The van der Waals surface area contributed by atoms with Crippen LogP contribution in [0.2, 0.25) is 0 Å². The van der Waals surface area contributed by atoms with E-state index < -0.39 is 0 Å². The third-order valence-corrected chi connectivity index (χ3v) is 5.43. The fraction of sp³-hybridized carbons (Fsp3) is 0.800. The zero-order valence-electron chi connectivity index (χ0n) is 10.6. The predicted molar refractivity (Wildman–Crippen MR) is 76.0 cm³/mol. The fourth-order valence-corrected chi connectivity index (χ4v) is 5.49. The summed E-state index contributed by atoms with van der Waals surface area (Å²) in [6.45, 7) is 4.56. The van der Waals surface area contributed by atoms with E-state index in [-0.39, 0.29) is 0 Å². The van der Waals surface area contributed by atoms with Crippen molar-refractivity contribution in [3.63, 3.8) is 0 Å². The van der Waals surface area contributed by atoms with Crippen molar-refractivity contribution < 1.29 is 0 Å². The van der Waals surface area contributed by atoms with Crippen molar-refractivity contribution in [2.24, 2.45) is 23.2 Å². The molecule has 4 aliphatic carbocycles. The molecule has 0 spiro atoms. The molecule has 0 unspecified atom stereocenters. The van der Waals surface area contributed by atoms with Gasteiger partial charge in [0.15, 0.2) is 0 Å². The standard InChI is InChI=1S/C15H23NS/c1-2-3-16-14(17)10-15-7-11-4-12(8-15)6-13(5-11)9-15/h2,11-13H,1,3-10H2,(H,16,17). The van der Waals surface area contributed by atoms with E-state index in [0.29, 0.717) is 5.41 Å². The molecule has 0 aromatic carbocycles. The second-order valence-electron chi connectivity index (χ2n) is 6.69. The summed E-state index contributed by atoms with van der Waals surface area (Å²) in [5.41, 5.74) is 0.583. The van der Waals surface area contributed by atoms with Gasteiger partial charge in [-0.1, -0.05) is 18.3 Å². The molecule has 4 rings (SSSR count). The van der Waals surface area contributed by atoms with Gasteiger partial charge in [0.2, 0.25) is 0 Å². The zero-order chi connectivity index (χ0) is 11.9. The first kappa shape index (κ1) is 11.7. The van der Waals surface area contributed by atoms with Gasteiger partial charge >= 0.3 is 0 Å². The second kappa shape index (κ2) is 4.38. The van der Waals surface area contributed by atoms with Crippen LogP contribution < -0.4 is 5.32 Å². The first-order valence-corrected chi connectivity index (χ1v) is 7.47. The lowest BCUT2D eigenvalue weighted by Gasteiger charge is -2.57. The zero-order valence-corrected chi connectivity index (χ0v) is 11.4. The smallest absolute Gasteiger partial charge is 0.0761 e. The van der Waals surface area contributed by atoms with E-state index in [9.17, 15) is 0 Å². The molecule has 94 valence electrons. The molecule has 0 saturated heterocycles. The summed E-state index contributed by atoms with van der Waals surface area (Å²) < 4.78 is 0. The average Bonchev–Trinajstić information content (AvgIpc) is 2.23. The number of hydrogen-bond donors (Lipinski definition) is 1. The van der Waals surface area contributed by atoms with Crippen LogP contribution in [0.4, 0.5) is 0 Å². The van der Waals surface area contributed by atoms with E-state index in [1.165, 1.54) is 38.5 Å². The minimum absolute atomic E-state index is 0.583. The van der Waals surface area contributed by atoms with Crippen LogP contribution >= 0.6 is 12.2 Å². The normalized spacial score (nSPS) is 42.5. The lowest BCUT2D eigenvalue weighted by atomic mass is 9.49. The first-order valence-electron chi connectivity index (χ1n) is 7.07. The quantitative estimate of drug-likeness (QED) is 0.602. The van der Waals surface area contributed by atoms with E-state index in [0.717, 1.165) is 35.7 Å². The molecule has 4 bridgehead atoms. The molecule has 0 radical (unpaired) electrons. The molecule has 0 aliphatic heterocycles. The van der Waals surface area contributed by atoms with Gasteiger partial charge < -0.3 is 5.32 Å². The molecule has 0 aromatic rings. The Morgan fingerprint density at radius 2 is 1.71 bits per heavy atom. The van der Waals surface area contributed by atoms with Crippen LogP contribution in [0.5, 0.6) is 0 Å². The Morgan fingerprint density at radius 3 is 2.18 bits per heavy atom. The van der Waals surface area contributed by atoms with Crippen molar-refractivity contribution in [3.8, 4) is 0 Å². The molecule has 4 fully saturated rings. The van der Waals surface area contributed by atoms with Crippen LogP contribution in [-0.2, 0) is 0 Å². The molecule has 4 saturated carbocycles. The van der Waals surface area contributed by atoms with Crippen LogP contribution in [0.15, 0.2) is 12.7 Å². The fourth-order valence-electron chi connectivity index (χ4n) is 5.10. The SMILES string of the molecule is C=CCNC(=S)CC12CC3CC(CC(C3)C1)C2. The number of rotatable bonds is 4. The minimum atomic E-state index is 0.583. The molecule has 1 nitrogen and oxygen atoms in total. The van der Waals surface area contributed by atoms with Gasteiger partial charge in [0.05, 0.1) is 4.99 Å². The molecular weight excluding hydrogens is 226 g/mol. The van der Waals surface area contributed by atoms with E-state index in [1.807, 2.05) is 6.08 Å². The summed E-state index contributed by atoms with van der Waals surface area (Å²) in [5.74, 6) is 3.09. The van der Waals surface area contributed by atoms with Crippen molar-refractivity contribution in [3.05, 3.63) is 12.7 Å². The van der Waals surface area contributed by atoms with Gasteiger partial charge in [-0.3, -0.25) is 0 Å². The minimum Gasteiger partial charge on any atom is -0.376 e. The molecule has 0 heterocycles. The Morgan fingerprint density at radius 1 is 1.18 bits per heavy atom. The maximum atomic E-state index is 5.50. The molecule has 1 N–H and O–H groups in total. The molecule has 0 amide bonds. The van der Waals surface area contributed by atoms with Gasteiger partial charge in [0.25, 0.3) is 0 Å². The highest BCUT2D eigenvalue weighted by atomic mass is 32.1. The Labute approximate surface area is 110 Å². The monoisotopic (exact) mass is 249 g/mol. The van der Waals surface area contributed by atoms with Crippen molar-refractivity contribution in [1.82, 2.24) is 5.32 Å². The highest BCUT2D eigenvalue weighted by molar-refractivity contribution is 7.80. The van der Waals surface area contributed by atoms with Crippen LogP contribution in [0.25, 0.3) is 0 Å². The number of thiocarbonyl (C=S) groups is 1. The number of nitrogens with one attached hydrogen (secondary N) is 1. The van der Waals surface area contributed by atoms with Gasteiger partial charge in [-0.15, -0.1) is 6.58 Å². The summed E-state index contributed by atoms with van der Waals surface area (Å²) >= 11 is 5.50. The van der Waals surface area contributed by atoms with Crippen molar-refractivity contribution in [2.45, 2.75) is 44.9 Å². The summed E-state index contributed by atoms with van der Waals surface area (Å²) in [7, 11) is 0. The lowest BCUT2D eigenvalue weighted by Crippen LogP contribution is -2.47. The highest BCUT2D eigenvalue weighted by Crippen LogP contribution is 2.61. The lowest BCUT2D eigenvalue weighted by molar-refractivity contribution is -0.0482. The number of hydrogen-bond acceptors (Lipinski definition) is 1. The van der Waals surface area contributed by atoms with Gasteiger partial charge in [0, 0.05) is 13.0 Å². The summed E-state index contributed by atoms with van der Waals surface area (Å²) in [5, 5.41) is 3.32. The maximum Gasteiger partial charge on any atom is 0.0761 e. The molecule has 0 atom stereocenters. The maximum absolute atomic E-state index is 5.50. The third kappa shape index (κ3) is 2.29. The van der Waals surface area contributed by atoms with Crippen LogP contribution in [-0.4, -0.2) is 11.5 Å². The van der Waals surface area contributed by atoms with E-state index in [1.54, 1.807) is 0 Å².